The van der Waals surface area contributed by atoms with Crippen LogP contribution in [0.4, 0.5) is 0 Å². The first-order chi connectivity index (χ1) is 10.4. The Morgan fingerprint density at radius 2 is 2.19 bits per heavy atom. The molecule has 0 bridgehead atoms. The zero-order chi connectivity index (χ0) is 14.5. The number of likely N-dealkylation sites (tertiary alicyclic amines) is 1. The lowest BCUT2D eigenvalue weighted by atomic mass is 10.2. The Kier molecular flexibility index (Phi) is 4.50. The van der Waals surface area contributed by atoms with Crippen LogP contribution in [0.3, 0.4) is 0 Å². The largest absolute Gasteiger partial charge is 0.485 e. The van der Waals surface area contributed by atoms with Gasteiger partial charge in [0.05, 0.1) is 6.04 Å². The smallest absolute Gasteiger partial charge is 0.244 e. The summed E-state index contributed by atoms with van der Waals surface area (Å²) in [7, 11) is 0. The standard InChI is InChI=1S/C16H21N3O2/c1-2-10-19-11-6-9-14(19)16-17-15(18-21-16)12-20-13-7-4-3-5-8-13/h3-5,7-8,14H,2,6,9-12H2,1H3/t14-/m0/s1. The van der Waals surface area contributed by atoms with E-state index in [0.717, 1.165) is 37.6 Å². The van der Waals surface area contributed by atoms with Crippen molar-refractivity contribution in [3.63, 3.8) is 0 Å². The molecule has 2 aromatic rings. The van der Waals surface area contributed by atoms with Gasteiger partial charge in [-0.25, -0.2) is 0 Å². The van der Waals surface area contributed by atoms with E-state index in [1.54, 1.807) is 0 Å². The fourth-order valence-corrected chi connectivity index (χ4v) is 2.79. The molecule has 1 saturated heterocycles. The molecule has 1 aromatic carbocycles. The Morgan fingerprint density at radius 3 is 3.00 bits per heavy atom. The highest BCUT2D eigenvalue weighted by Crippen LogP contribution is 2.30. The maximum absolute atomic E-state index is 5.64. The SMILES string of the molecule is CCCN1CCC[C@H]1c1nc(COc2ccccc2)no1. The summed E-state index contributed by atoms with van der Waals surface area (Å²) in [6, 6.07) is 9.96. The maximum Gasteiger partial charge on any atom is 0.244 e. The third kappa shape index (κ3) is 3.42. The van der Waals surface area contributed by atoms with Crippen LogP contribution in [0, 0.1) is 0 Å². The van der Waals surface area contributed by atoms with Crippen LogP contribution in [-0.2, 0) is 6.61 Å². The van der Waals surface area contributed by atoms with Crippen molar-refractivity contribution in [2.24, 2.45) is 0 Å². The van der Waals surface area contributed by atoms with Gasteiger partial charge in [0.1, 0.15) is 5.75 Å². The molecule has 1 atom stereocenters. The third-order valence-electron chi connectivity index (χ3n) is 3.75. The van der Waals surface area contributed by atoms with E-state index in [2.05, 4.69) is 22.0 Å². The molecular formula is C16H21N3O2. The minimum Gasteiger partial charge on any atom is -0.485 e. The van der Waals surface area contributed by atoms with Gasteiger partial charge in [-0.1, -0.05) is 30.3 Å². The van der Waals surface area contributed by atoms with Gasteiger partial charge in [0.25, 0.3) is 0 Å². The first-order valence-electron chi connectivity index (χ1n) is 7.61. The summed E-state index contributed by atoms with van der Waals surface area (Å²) in [6.07, 6.45) is 3.44. The first kappa shape index (κ1) is 14.1. The predicted octanol–water partition coefficient (Wildman–Crippen LogP) is 3.20. The van der Waals surface area contributed by atoms with E-state index in [0.29, 0.717) is 12.4 Å². The molecule has 0 unspecified atom stereocenters. The molecule has 1 aliphatic rings. The van der Waals surface area contributed by atoms with E-state index in [-0.39, 0.29) is 6.04 Å². The lowest BCUT2D eigenvalue weighted by Gasteiger charge is -2.20. The molecule has 5 nitrogen and oxygen atoms in total. The van der Waals surface area contributed by atoms with Gasteiger partial charge >= 0.3 is 0 Å². The Hall–Kier alpha value is -1.88. The number of para-hydroxylation sites is 1. The molecule has 0 saturated carbocycles. The number of rotatable bonds is 6. The Morgan fingerprint density at radius 1 is 1.33 bits per heavy atom. The molecule has 0 amide bonds. The molecule has 0 N–H and O–H groups in total. The first-order valence-corrected chi connectivity index (χ1v) is 7.61. The average Bonchev–Trinajstić information content (AvgIpc) is 3.15. The summed E-state index contributed by atoms with van der Waals surface area (Å²) in [5.74, 6) is 2.15. The molecule has 3 rings (SSSR count). The number of nitrogens with zero attached hydrogens (tertiary/aromatic N) is 3. The van der Waals surface area contributed by atoms with E-state index in [1.807, 2.05) is 30.3 Å². The zero-order valence-electron chi connectivity index (χ0n) is 12.4. The Balaban J connectivity index is 1.61. The molecule has 112 valence electrons. The van der Waals surface area contributed by atoms with Crippen molar-refractivity contribution >= 4 is 0 Å². The average molecular weight is 287 g/mol. The van der Waals surface area contributed by atoms with Crippen molar-refractivity contribution in [3.05, 3.63) is 42.0 Å². The van der Waals surface area contributed by atoms with E-state index in [4.69, 9.17) is 9.26 Å². The lowest BCUT2D eigenvalue weighted by Crippen LogP contribution is -2.24. The number of ether oxygens (including phenoxy) is 1. The van der Waals surface area contributed by atoms with Gasteiger partial charge in [0.15, 0.2) is 6.61 Å². The van der Waals surface area contributed by atoms with Crippen LogP contribution in [0.15, 0.2) is 34.9 Å². The number of aromatic nitrogens is 2. The van der Waals surface area contributed by atoms with Crippen molar-refractivity contribution in [3.8, 4) is 5.75 Å². The highest BCUT2D eigenvalue weighted by Gasteiger charge is 2.29. The van der Waals surface area contributed by atoms with Gasteiger partial charge in [-0.15, -0.1) is 0 Å². The van der Waals surface area contributed by atoms with Gasteiger partial charge in [0.2, 0.25) is 11.7 Å². The summed E-state index contributed by atoms with van der Waals surface area (Å²) >= 11 is 0. The number of hydrogen-bond donors (Lipinski definition) is 0. The van der Waals surface area contributed by atoms with E-state index in [9.17, 15) is 0 Å². The minimum absolute atomic E-state index is 0.280. The Bertz CT molecular complexity index is 556. The van der Waals surface area contributed by atoms with Crippen LogP contribution >= 0.6 is 0 Å². The second-order valence-electron chi connectivity index (χ2n) is 5.34. The molecular weight excluding hydrogens is 266 g/mol. The van der Waals surface area contributed by atoms with Crippen LogP contribution in [0.5, 0.6) is 5.75 Å². The van der Waals surface area contributed by atoms with Crippen molar-refractivity contribution in [2.75, 3.05) is 13.1 Å². The number of benzene rings is 1. The molecule has 0 radical (unpaired) electrons. The summed E-state index contributed by atoms with van der Waals surface area (Å²) in [4.78, 5) is 6.92. The second kappa shape index (κ2) is 6.72. The summed E-state index contributed by atoms with van der Waals surface area (Å²) < 4.78 is 11.1. The molecule has 0 aliphatic carbocycles. The van der Waals surface area contributed by atoms with Crippen LogP contribution in [0.1, 0.15) is 43.9 Å². The van der Waals surface area contributed by atoms with Crippen LogP contribution in [0.25, 0.3) is 0 Å². The summed E-state index contributed by atoms with van der Waals surface area (Å²) in [5, 5.41) is 4.03. The summed E-state index contributed by atoms with van der Waals surface area (Å²) in [6.45, 7) is 4.75. The molecule has 5 heteroatoms. The van der Waals surface area contributed by atoms with Crippen molar-refractivity contribution in [1.82, 2.24) is 15.0 Å². The van der Waals surface area contributed by atoms with Gasteiger partial charge < -0.3 is 9.26 Å². The highest BCUT2D eigenvalue weighted by molar-refractivity contribution is 5.20. The molecule has 1 aliphatic heterocycles. The van der Waals surface area contributed by atoms with E-state index >= 15 is 0 Å². The zero-order valence-corrected chi connectivity index (χ0v) is 12.4. The van der Waals surface area contributed by atoms with Gasteiger partial charge in [-0.3, -0.25) is 4.90 Å². The molecule has 0 spiro atoms. The van der Waals surface area contributed by atoms with Gasteiger partial charge in [0, 0.05) is 0 Å². The molecule has 2 heterocycles. The highest BCUT2D eigenvalue weighted by atomic mass is 16.5. The minimum atomic E-state index is 0.280. The lowest BCUT2D eigenvalue weighted by molar-refractivity contribution is 0.207. The van der Waals surface area contributed by atoms with E-state index < -0.39 is 0 Å². The van der Waals surface area contributed by atoms with Crippen molar-refractivity contribution in [2.45, 2.75) is 38.8 Å². The fraction of sp³-hybridized carbons (Fsp3) is 0.500. The molecule has 1 aromatic heterocycles. The molecule has 21 heavy (non-hydrogen) atoms. The van der Waals surface area contributed by atoms with Gasteiger partial charge in [-0.05, 0) is 44.5 Å². The topological polar surface area (TPSA) is 51.4 Å². The van der Waals surface area contributed by atoms with Crippen LogP contribution < -0.4 is 4.74 Å². The van der Waals surface area contributed by atoms with Crippen LogP contribution in [0.2, 0.25) is 0 Å². The van der Waals surface area contributed by atoms with E-state index in [1.165, 1.54) is 6.42 Å². The van der Waals surface area contributed by atoms with Crippen molar-refractivity contribution < 1.29 is 9.26 Å². The maximum atomic E-state index is 5.64. The molecule has 1 fully saturated rings. The third-order valence-corrected chi connectivity index (χ3v) is 3.75. The predicted molar refractivity (Wildman–Crippen MR) is 78.9 cm³/mol. The second-order valence-corrected chi connectivity index (χ2v) is 5.34. The Labute approximate surface area is 124 Å². The number of hydrogen-bond acceptors (Lipinski definition) is 5. The monoisotopic (exact) mass is 287 g/mol. The van der Waals surface area contributed by atoms with Gasteiger partial charge in [-0.2, -0.15) is 4.98 Å². The van der Waals surface area contributed by atoms with Crippen LogP contribution in [-0.4, -0.2) is 28.1 Å². The van der Waals surface area contributed by atoms with Crippen molar-refractivity contribution in [1.29, 1.82) is 0 Å². The normalized spacial score (nSPS) is 19.0. The quantitative estimate of drug-likeness (QED) is 0.816. The summed E-state index contributed by atoms with van der Waals surface area (Å²) in [5.41, 5.74) is 0. The fourth-order valence-electron chi connectivity index (χ4n) is 2.79.